The zero-order valence-corrected chi connectivity index (χ0v) is 15.4. The number of hydrogen-bond acceptors (Lipinski definition) is 3. The molecule has 1 amide bonds. The second-order valence-electron chi connectivity index (χ2n) is 6.84. The summed E-state index contributed by atoms with van der Waals surface area (Å²) in [6.45, 7) is 2.82. The Kier molecular flexibility index (Phi) is 5.17. The topological polar surface area (TPSA) is 59.4 Å². The largest absolute Gasteiger partial charge is 0.416 e. The minimum atomic E-state index is -4.42. The maximum absolute atomic E-state index is 13.2. The van der Waals surface area contributed by atoms with E-state index in [4.69, 9.17) is 5.41 Å². The van der Waals surface area contributed by atoms with E-state index in [1.165, 1.54) is 13.0 Å². The molecule has 0 saturated carbocycles. The highest BCUT2D eigenvalue weighted by Crippen LogP contribution is 2.36. The van der Waals surface area contributed by atoms with E-state index in [1.807, 2.05) is 0 Å². The van der Waals surface area contributed by atoms with Crippen LogP contribution in [-0.2, 0) is 17.4 Å². The van der Waals surface area contributed by atoms with E-state index in [0.717, 1.165) is 29.8 Å². The van der Waals surface area contributed by atoms with Crippen LogP contribution >= 0.6 is 0 Å². The zero-order valence-electron chi connectivity index (χ0n) is 15.4. The molecule has 0 spiro atoms. The minimum Gasteiger partial charge on any atom is -0.391 e. The maximum atomic E-state index is 13.2. The lowest BCUT2D eigenvalue weighted by molar-refractivity contribution is -0.137. The van der Waals surface area contributed by atoms with Gasteiger partial charge in [0.15, 0.2) is 0 Å². The van der Waals surface area contributed by atoms with Crippen LogP contribution in [0.3, 0.4) is 0 Å². The summed E-state index contributed by atoms with van der Waals surface area (Å²) in [5.41, 5.74) is 2.05. The van der Waals surface area contributed by atoms with E-state index in [2.05, 4.69) is 5.32 Å². The van der Waals surface area contributed by atoms with E-state index in [9.17, 15) is 18.0 Å². The molecule has 5 nitrogen and oxygen atoms in total. The lowest BCUT2D eigenvalue weighted by Gasteiger charge is -2.37. The minimum absolute atomic E-state index is 0.0751. The SMILES string of the molecule is CNC1=C(C(=N)N2CCCc3ccc(C(F)(F)F)cc32)CN(C(C)=O)CC1. The molecular weight excluding hydrogens is 357 g/mol. The van der Waals surface area contributed by atoms with Gasteiger partial charge >= 0.3 is 6.18 Å². The van der Waals surface area contributed by atoms with Gasteiger partial charge in [0, 0.05) is 50.4 Å². The first-order valence-electron chi connectivity index (χ1n) is 8.94. The summed E-state index contributed by atoms with van der Waals surface area (Å²) < 4.78 is 39.5. The smallest absolute Gasteiger partial charge is 0.391 e. The van der Waals surface area contributed by atoms with Gasteiger partial charge in [0.1, 0.15) is 5.84 Å². The van der Waals surface area contributed by atoms with Crippen molar-refractivity contribution in [2.75, 3.05) is 31.6 Å². The van der Waals surface area contributed by atoms with Crippen LogP contribution in [-0.4, -0.2) is 43.3 Å². The monoisotopic (exact) mass is 380 g/mol. The van der Waals surface area contributed by atoms with E-state index in [0.29, 0.717) is 37.2 Å². The van der Waals surface area contributed by atoms with Crippen LogP contribution < -0.4 is 10.2 Å². The maximum Gasteiger partial charge on any atom is 0.416 e. The van der Waals surface area contributed by atoms with Gasteiger partial charge in [-0.2, -0.15) is 13.2 Å². The normalized spacial score (nSPS) is 17.7. The summed E-state index contributed by atoms with van der Waals surface area (Å²) in [6.07, 6.45) is -2.38. The molecular formula is C19H23F3N4O. The van der Waals surface area contributed by atoms with Crippen LogP contribution in [0.4, 0.5) is 18.9 Å². The third-order valence-corrected chi connectivity index (χ3v) is 5.18. The van der Waals surface area contributed by atoms with Crippen LogP contribution in [0.25, 0.3) is 0 Å². The number of nitrogens with one attached hydrogen (secondary N) is 2. The quantitative estimate of drug-likeness (QED) is 0.612. The van der Waals surface area contributed by atoms with Crippen molar-refractivity contribution in [3.63, 3.8) is 0 Å². The molecule has 1 aromatic rings. The number of amides is 1. The number of nitrogens with zero attached hydrogens (tertiary/aromatic N) is 2. The Balaban J connectivity index is 1.98. The number of benzene rings is 1. The summed E-state index contributed by atoms with van der Waals surface area (Å²) in [5.74, 6) is 0.0828. The van der Waals surface area contributed by atoms with Gasteiger partial charge in [0.25, 0.3) is 0 Å². The molecule has 2 aliphatic rings. The predicted molar refractivity (Wildman–Crippen MR) is 97.8 cm³/mol. The van der Waals surface area contributed by atoms with Crippen LogP contribution in [0.5, 0.6) is 0 Å². The second-order valence-corrected chi connectivity index (χ2v) is 6.84. The number of aryl methyl sites for hydroxylation is 1. The fourth-order valence-electron chi connectivity index (χ4n) is 3.67. The Morgan fingerprint density at radius 2 is 1.96 bits per heavy atom. The Labute approximate surface area is 156 Å². The lowest BCUT2D eigenvalue weighted by Crippen LogP contribution is -2.44. The highest BCUT2D eigenvalue weighted by atomic mass is 19.4. The van der Waals surface area contributed by atoms with Crippen LogP contribution in [0.1, 0.15) is 30.9 Å². The molecule has 0 radical (unpaired) electrons. The highest BCUT2D eigenvalue weighted by Gasteiger charge is 2.34. The molecule has 1 aromatic carbocycles. The van der Waals surface area contributed by atoms with Gasteiger partial charge < -0.3 is 15.1 Å². The van der Waals surface area contributed by atoms with Crippen LogP contribution in [0.2, 0.25) is 0 Å². The highest BCUT2D eigenvalue weighted by molar-refractivity contribution is 6.09. The van der Waals surface area contributed by atoms with E-state index < -0.39 is 11.7 Å². The molecule has 0 aromatic heterocycles. The molecule has 8 heteroatoms. The number of alkyl halides is 3. The van der Waals surface area contributed by atoms with E-state index in [1.54, 1.807) is 16.8 Å². The zero-order chi connectivity index (χ0) is 19.8. The van der Waals surface area contributed by atoms with Crippen molar-refractivity contribution in [2.45, 2.75) is 32.4 Å². The average Bonchev–Trinajstić information content (AvgIpc) is 2.65. The van der Waals surface area contributed by atoms with Gasteiger partial charge in [0.05, 0.1) is 12.1 Å². The van der Waals surface area contributed by atoms with E-state index in [-0.39, 0.29) is 18.3 Å². The number of rotatable bonds is 2. The number of hydrogen-bond donors (Lipinski definition) is 2. The van der Waals surface area contributed by atoms with Crippen molar-refractivity contribution in [3.05, 3.63) is 40.6 Å². The number of halogens is 3. The molecule has 0 bridgehead atoms. The fraction of sp³-hybridized carbons (Fsp3) is 0.474. The summed E-state index contributed by atoms with van der Waals surface area (Å²) in [5, 5.41) is 11.8. The molecule has 3 rings (SSSR count). The molecule has 0 atom stereocenters. The van der Waals surface area contributed by atoms with Gasteiger partial charge in [-0.05, 0) is 30.5 Å². The first kappa shape index (κ1) is 19.3. The first-order chi connectivity index (χ1) is 12.7. The second kappa shape index (κ2) is 7.25. The first-order valence-corrected chi connectivity index (χ1v) is 8.94. The predicted octanol–water partition coefficient (Wildman–Crippen LogP) is 3.16. The Morgan fingerprint density at radius 1 is 1.22 bits per heavy atom. The summed E-state index contributed by atoms with van der Waals surface area (Å²) in [7, 11) is 1.76. The average molecular weight is 380 g/mol. The summed E-state index contributed by atoms with van der Waals surface area (Å²) in [6, 6.07) is 3.74. The molecule has 2 aliphatic heterocycles. The fourth-order valence-corrected chi connectivity index (χ4v) is 3.67. The molecule has 2 N–H and O–H groups in total. The standard InChI is InChI=1S/C19H23F3N4O/c1-12(27)25-9-7-16(24-2)15(11-25)18(23)26-8-3-4-13-5-6-14(10-17(13)26)19(20,21)22/h5-6,10,23-24H,3-4,7-9,11H2,1-2H3. The number of fused-ring (bicyclic) bond motifs is 1. The molecule has 146 valence electrons. The summed E-state index contributed by atoms with van der Waals surface area (Å²) >= 11 is 0. The van der Waals surface area contributed by atoms with Gasteiger partial charge in [0.2, 0.25) is 5.91 Å². The van der Waals surface area contributed by atoms with Crippen molar-refractivity contribution < 1.29 is 18.0 Å². The molecule has 27 heavy (non-hydrogen) atoms. The third-order valence-electron chi connectivity index (χ3n) is 5.18. The number of amidine groups is 1. The molecule has 0 aliphatic carbocycles. The van der Waals surface area contributed by atoms with Crippen LogP contribution in [0, 0.1) is 5.41 Å². The third kappa shape index (κ3) is 3.79. The van der Waals surface area contributed by atoms with Gasteiger partial charge in [-0.3, -0.25) is 10.2 Å². The molecule has 0 fully saturated rings. The Bertz CT molecular complexity index is 801. The van der Waals surface area contributed by atoms with Crippen molar-refractivity contribution >= 4 is 17.4 Å². The number of anilines is 1. The Hall–Kier alpha value is -2.51. The Morgan fingerprint density at radius 3 is 2.59 bits per heavy atom. The van der Waals surface area contributed by atoms with Crippen molar-refractivity contribution in [3.8, 4) is 0 Å². The van der Waals surface area contributed by atoms with Gasteiger partial charge in [-0.25, -0.2) is 0 Å². The van der Waals surface area contributed by atoms with Crippen LogP contribution in [0.15, 0.2) is 29.5 Å². The van der Waals surface area contributed by atoms with E-state index >= 15 is 0 Å². The van der Waals surface area contributed by atoms with Gasteiger partial charge in [-0.1, -0.05) is 6.07 Å². The van der Waals surface area contributed by atoms with Crippen molar-refractivity contribution in [1.82, 2.24) is 10.2 Å². The molecule has 0 saturated heterocycles. The molecule has 2 heterocycles. The summed E-state index contributed by atoms with van der Waals surface area (Å²) in [4.78, 5) is 15.1. The van der Waals surface area contributed by atoms with Crippen molar-refractivity contribution in [2.24, 2.45) is 0 Å². The number of carbonyl (C=O) groups is 1. The van der Waals surface area contributed by atoms with Gasteiger partial charge in [-0.15, -0.1) is 0 Å². The number of carbonyl (C=O) groups excluding carboxylic acids is 1. The lowest BCUT2D eigenvalue weighted by atomic mass is 9.97. The molecule has 0 unspecified atom stereocenters. The van der Waals surface area contributed by atoms with Crippen molar-refractivity contribution in [1.29, 1.82) is 5.41 Å².